The number of hydrogen-bond donors (Lipinski definition) is 0. The van der Waals surface area contributed by atoms with Gasteiger partial charge in [0.1, 0.15) is 0 Å². The number of fused-ring (bicyclic) bond motifs is 9. The second-order valence-electron chi connectivity index (χ2n) is 16.9. The zero-order chi connectivity index (χ0) is 42.2. The molecule has 0 saturated heterocycles. The molecule has 10 aromatic carbocycles. The summed E-state index contributed by atoms with van der Waals surface area (Å²) in [7, 11) is -2.68. The maximum Gasteiger partial charge on any atom is 0.179 e. The Labute approximate surface area is 372 Å². The van der Waals surface area contributed by atoms with E-state index in [2.05, 4.69) is 262 Å². The molecule has 0 spiro atoms. The maximum absolute atomic E-state index is 2.68. The second kappa shape index (κ2) is 14.5. The predicted molar refractivity (Wildman–Crippen MR) is 273 cm³/mol. The normalized spacial score (nSPS) is 12.1. The minimum atomic E-state index is -2.68. The Bertz CT molecular complexity index is 3730. The van der Waals surface area contributed by atoms with Gasteiger partial charge in [0.15, 0.2) is 8.07 Å². The summed E-state index contributed by atoms with van der Waals surface area (Å²) >= 11 is 0. The van der Waals surface area contributed by atoms with E-state index in [1.54, 1.807) is 0 Å². The fourth-order valence-electron chi connectivity index (χ4n) is 10.9. The molecule has 0 aliphatic carbocycles. The van der Waals surface area contributed by atoms with Gasteiger partial charge in [0.25, 0.3) is 0 Å². The van der Waals surface area contributed by atoms with Crippen LogP contribution in [0.4, 0.5) is 0 Å². The molecule has 4 heteroatoms. The summed E-state index contributed by atoms with van der Waals surface area (Å²) in [6.45, 7) is 0. The van der Waals surface area contributed by atoms with Crippen LogP contribution in [0.25, 0.3) is 82.5 Å². The van der Waals surface area contributed by atoms with Gasteiger partial charge in [-0.2, -0.15) is 0 Å². The van der Waals surface area contributed by atoms with Crippen molar-refractivity contribution in [1.82, 2.24) is 13.7 Å². The van der Waals surface area contributed by atoms with Crippen LogP contribution in [-0.4, -0.2) is 21.8 Å². The quantitative estimate of drug-likeness (QED) is 0.112. The lowest BCUT2D eigenvalue weighted by Crippen LogP contribution is -2.74. The van der Waals surface area contributed by atoms with Crippen LogP contribution in [0.15, 0.2) is 249 Å². The summed E-state index contributed by atoms with van der Waals surface area (Å²) in [6.07, 6.45) is 0. The molecule has 0 radical (unpaired) electrons. The smallest absolute Gasteiger partial charge is 0.179 e. The lowest BCUT2D eigenvalue weighted by Gasteiger charge is -2.34. The Hall–Kier alpha value is -8.18. The summed E-state index contributed by atoms with van der Waals surface area (Å²) < 4.78 is 7.35. The Balaban J connectivity index is 1.02. The largest absolute Gasteiger partial charge is 0.309 e. The Morgan fingerprint density at radius 3 is 0.844 bits per heavy atom. The highest BCUT2D eigenvalue weighted by Crippen LogP contribution is 2.39. The zero-order valence-corrected chi connectivity index (χ0v) is 36.0. The van der Waals surface area contributed by atoms with Crippen molar-refractivity contribution in [2.45, 2.75) is 0 Å². The van der Waals surface area contributed by atoms with Crippen LogP contribution in [0.2, 0.25) is 0 Å². The van der Waals surface area contributed by atoms with Gasteiger partial charge in [-0.25, -0.2) is 0 Å². The van der Waals surface area contributed by atoms with E-state index < -0.39 is 8.07 Å². The average Bonchev–Trinajstić information content (AvgIpc) is 4.01. The Morgan fingerprint density at radius 1 is 0.203 bits per heavy atom. The molecule has 300 valence electrons. The fourth-order valence-corrected chi connectivity index (χ4v) is 15.6. The van der Waals surface area contributed by atoms with Crippen LogP contribution in [0.3, 0.4) is 0 Å². The molecule has 0 aliphatic heterocycles. The van der Waals surface area contributed by atoms with Crippen LogP contribution in [0.5, 0.6) is 0 Å². The highest BCUT2D eigenvalue weighted by molar-refractivity contribution is 7.19. The molecule has 0 fully saturated rings. The molecule has 0 unspecified atom stereocenters. The van der Waals surface area contributed by atoms with Gasteiger partial charge >= 0.3 is 0 Å². The standard InChI is InChI=1S/C60H41N3Si/c1-4-18-45(19-5-1)64(46-20-6-2-7-21-46,47-22-8-3-9-23-47)48-36-32-42(33-37-48)61-55-28-14-12-26-51(55)53-39-35-44(41-59(53)61)63-58-31-17-13-27-52(58)54-38-34-43(40-60(54)63)62-56-29-15-10-24-49(56)50-25-11-16-30-57(50)62/h1-41H. The van der Waals surface area contributed by atoms with E-state index in [0.717, 1.165) is 17.1 Å². The van der Waals surface area contributed by atoms with Gasteiger partial charge < -0.3 is 13.7 Å². The minimum Gasteiger partial charge on any atom is -0.309 e. The topological polar surface area (TPSA) is 14.8 Å². The summed E-state index contributed by atoms with van der Waals surface area (Å²) in [5, 5.41) is 12.9. The van der Waals surface area contributed by atoms with Crippen LogP contribution < -0.4 is 20.7 Å². The first kappa shape index (κ1) is 36.5. The summed E-state index contributed by atoms with van der Waals surface area (Å²) in [6, 6.07) is 92.2. The highest BCUT2D eigenvalue weighted by atomic mass is 28.3. The van der Waals surface area contributed by atoms with E-state index >= 15 is 0 Å². The summed E-state index contributed by atoms with van der Waals surface area (Å²) in [4.78, 5) is 0. The molecule has 3 nitrogen and oxygen atoms in total. The van der Waals surface area contributed by atoms with Gasteiger partial charge in [0.05, 0.1) is 33.1 Å². The van der Waals surface area contributed by atoms with Crippen LogP contribution >= 0.6 is 0 Å². The van der Waals surface area contributed by atoms with Crippen molar-refractivity contribution in [3.8, 4) is 17.1 Å². The van der Waals surface area contributed by atoms with Crippen molar-refractivity contribution in [1.29, 1.82) is 0 Å². The first-order chi connectivity index (χ1) is 31.8. The molecular formula is C60H41N3Si. The van der Waals surface area contributed by atoms with E-state index in [-0.39, 0.29) is 0 Å². The molecule has 64 heavy (non-hydrogen) atoms. The number of aromatic nitrogens is 3. The molecule has 13 rings (SSSR count). The van der Waals surface area contributed by atoms with Gasteiger partial charge in [-0.3, -0.25) is 0 Å². The van der Waals surface area contributed by atoms with Crippen molar-refractivity contribution in [2.24, 2.45) is 0 Å². The number of hydrogen-bond acceptors (Lipinski definition) is 0. The van der Waals surface area contributed by atoms with E-state index in [1.807, 2.05) is 0 Å². The van der Waals surface area contributed by atoms with Crippen LogP contribution in [0.1, 0.15) is 0 Å². The molecule has 3 heterocycles. The van der Waals surface area contributed by atoms with Gasteiger partial charge in [-0.1, -0.05) is 188 Å². The maximum atomic E-state index is 2.46. The summed E-state index contributed by atoms with van der Waals surface area (Å²) in [5.41, 5.74) is 10.6. The van der Waals surface area contributed by atoms with Crippen molar-refractivity contribution in [3.05, 3.63) is 249 Å². The van der Waals surface area contributed by atoms with Crippen molar-refractivity contribution in [3.63, 3.8) is 0 Å². The highest BCUT2D eigenvalue weighted by Gasteiger charge is 2.41. The van der Waals surface area contributed by atoms with E-state index in [0.29, 0.717) is 0 Å². The van der Waals surface area contributed by atoms with Gasteiger partial charge in [-0.15, -0.1) is 0 Å². The number of benzene rings is 10. The van der Waals surface area contributed by atoms with Crippen molar-refractivity contribution < 1.29 is 0 Å². The van der Waals surface area contributed by atoms with Gasteiger partial charge in [0, 0.05) is 49.4 Å². The molecule has 0 N–H and O–H groups in total. The van der Waals surface area contributed by atoms with Crippen molar-refractivity contribution >= 4 is 94.2 Å². The van der Waals surface area contributed by atoms with E-state index in [9.17, 15) is 0 Å². The van der Waals surface area contributed by atoms with E-state index in [1.165, 1.54) is 86.2 Å². The Morgan fingerprint density at radius 2 is 0.469 bits per heavy atom. The number of nitrogens with zero attached hydrogens (tertiary/aromatic N) is 3. The predicted octanol–water partition coefficient (Wildman–Crippen LogP) is 12.4. The molecule has 13 aromatic rings. The van der Waals surface area contributed by atoms with Gasteiger partial charge in [0.2, 0.25) is 0 Å². The first-order valence-corrected chi connectivity index (χ1v) is 24.1. The molecule has 0 bridgehead atoms. The SMILES string of the molecule is c1ccc([Si](c2ccccc2)(c2ccccc2)c2ccc(-n3c4ccccc4c4ccc(-n5c6ccccc6c6ccc(-n7c8ccccc8c8ccccc87)cc65)cc43)cc2)cc1. The third-order valence-electron chi connectivity index (χ3n) is 13.6. The van der Waals surface area contributed by atoms with Gasteiger partial charge in [-0.05, 0) is 81.4 Å². The third kappa shape index (κ3) is 5.33. The third-order valence-corrected chi connectivity index (χ3v) is 18.4. The fraction of sp³-hybridized carbons (Fsp3) is 0. The summed E-state index contributed by atoms with van der Waals surface area (Å²) in [5.74, 6) is 0. The van der Waals surface area contributed by atoms with Crippen LogP contribution in [0, 0.1) is 0 Å². The number of para-hydroxylation sites is 4. The molecular weight excluding hydrogens is 791 g/mol. The lowest BCUT2D eigenvalue weighted by molar-refractivity contribution is 1.14. The molecule has 3 aromatic heterocycles. The molecule has 0 aliphatic rings. The molecule has 0 amide bonds. The van der Waals surface area contributed by atoms with E-state index in [4.69, 9.17) is 0 Å². The molecule has 0 saturated carbocycles. The number of rotatable bonds is 7. The minimum absolute atomic E-state index is 1.13. The first-order valence-electron chi connectivity index (χ1n) is 22.1. The lowest BCUT2D eigenvalue weighted by atomic mass is 10.1. The van der Waals surface area contributed by atoms with Crippen molar-refractivity contribution in [2.75, 3.05) is 0 Å². The monoisotopic (exact) mass is 831 g/mol. The second-order valence-corrected chi connectivity index (χ2v) is 20.7. The average molecular weight is 832 g/mol. The zero-order valence-electron chi connectivity index (χ0n) is 35.0. The van der Waals surface area contributed by atoms with Crippen LogP contribution in [-0.2, 0) is 0 Å². The molecule has 0 atom stereocenters. The Kier molecular flexibility index (Phi) is 8.23.